The highest BCUT2D eigenvalue weighted by molar-refractivity contribution is 7.89. The number of aryl methyl sites for hydroxylation is 3. The van der Waals surface area contributed by atoms with Crippen LogP contribution in [-0.4, -0.2) is 45.4 Å². The molecular formula is C24H32N2O4S. The van der Waals surface area contributed by atoms with Gasteiger partial charge in [0.15, 0.2) is 0 Å². The van der Waals surface area contributed by atoms with Crippen molar-refractivity contribution in [2.45, 2.75) is 44.9 Å². The molecule has 0 atom stereocenters. The lowest BCUT2D eigenvalue weighted by Crippen LogP contribution is -2.43. The second kappa shape index (κ2) is 9.83. The maximum atomic E-state index is 13.2. The van der Waals surface area contributed by atoms with E-state index in [2.05, 4.69) is 5.32 Å². The Bertz CT molecular complexity index is 1020. The van der Waals surface area contributed by atoms with Crippen molar-refractivity contribution >= 4 is 15.9 Å². The van der Waals surface area contributed by atoms with Gasteiger partial charge in [0.05, 0.1) is 12.0 Å². The molecule has 2 aromatic carbocycles. The van der Waals surface area contributed by atoms with Gasteiger partial charge in [-0.25, -0.2) is 8.42 Å². The van der Waals surface area contributed by atoms with Crippen molar-refractivity contribution in [2.75, 3.05) is 26.7 Å². The third-order valence-corrected chi connectivity index (χ3v) is 8.12. The Kier molecular flexibility index (Phi) is 7.38. The first-order valence-corrected chi connectivity index (χ1v) is 12.2. The Labute approximate surface area is 185 Å². The molecule has 1 N–H and O–H groups in total. The smallest absolute Gasteiger partial charge is 0.243 e. The molecule has 0 spiro atoms. The molecule has 168 valence electrons. The lowest BCUT2D eigenvalue weighted by molar-refractivity contribution is -0.126. The van der Waals surface area contributed by atoms with Gasteiger partial charge < -0.3 is 10.1 Å². The standard InChI is InChI=1S/C24H32N2O4S/c1-17-15-18(2)23(19(3)16-17)31(28,29)26-13-10-21(11-14-26)24(27)25-12-9-20-7-5-6-8-22(20)30-4/h5-8,15-16,21H,9-14H2,1-4H3,(H,25,27). The van der Waals surface area contributed by atoms with E-state index in [0.29, 0.717) is 43.8 Å². The molecule has 0 bridgehead atoms. The molecule has 1 heterocycles. The SMILES string of the molecule is COc1ccccc1CCNC(=O)C1CCN(S(=O)(=O)c2c(C)cc(C)cc2C)CC1. The third kappa shape index (κ3) is 5.28. The number of nitrogens with one attached hydrogen (secondary N) is 1. The van der Waals surface area contributed by atoms with Crippen molar-refractivity contribution in [2.24, 2.45) is 5.92 Å². The number of piperidine rings is 1. The molecule has 0 unspecified atom stereocenters. The van der Waals surface area contributed by atoms with E-state index in [9.17, 15) is 13.2 Å². The van der Waals surface area contributed by atoms with E-state index >= 15 is 0 Å². The predicted molar refractivity (Wildman–Crippen MR) is 122 cm³/mol. The van der Waals surface area contributed by atoms with E-state index < -0.39 is 10.0 Å². The fraction of sp³-hybridized carbons (Fsp3) is 0.458. The highest BCUT2D eigenvalue weighted by Gasteiger charge is 2.33. The van der Waals surface area contributed by atoms with Gasteiger partial charge in [-0.2, -0.15) is 4.31 Å². The number of carbonyl (C=O) groups is 1. The van der Waals surface area contributed by atoms with Crippen LogP contribution >= 0.6 is 0 Å². The first-order chi connectivity index (χ1) is 14.7. The first kappa shape index (κ1) is 23.3. The molecule has 0 aliphatic carbocycles. The normalized spacial score (nSPS) is 15.6. The minimum atomic E-state index is -3.56. The summed E-state index contributed by atoms with van der Waals surface area (Å²) in [5.74, 6) is 0.649. The average molecular weight is 445 g/mol. The second-order valence-corrected chi connectivity index (χ2v) is 10.1. The lowest BCUT2D eigenvalue weighted by atomic mass is 9.97. The van der Waals surface area contributed by atoms with Gasteiger partial charge in [-0.15, -0.1) is 0 Å². The van der Waals surface area contributed by atoms with Crippen molar-refractivity contribution in [3.05, 3.63) is 58.7 Å². The predicted octanol–water partition coefficient (Wildman–Crippen LogP) is 3.38. The minimum absolute atomic E-state index is 0.00496. The Morgan fingerprint density at radius 2 is 1.71 bits per heavy atom. The molecule has 0 radical (unpaired) electrons. The monoisotopic (exact) mass is 444 g/mol. The summed E-state index contributed by atoms with van der Waals surface area (Å²) in [7, 11) is -1.92. The number of nitrogens with zero attached hydrogens (tertiary/aromatic N) is 1. The van der Waals surface area contributed by atoms with Gasteiger partial charge >= 0.3 is 0 Å². The summed E-state index contributed by atoms with van der Waals surface area (Å²) in [5.41, 5.74) is 3.65. The molecule has 1 aliphatic heterocycles. The van der Waals surface area contributed by atoms with Crippen molar-refractivity contribution in [1.29, 1.82) is 0 Å². The van der Waals surface area contributed by atoms with Crippen molar-refractivity contribution in [1.82, 2.24) is 9.62 Å². The molecule has 6 nitrogen and oxygen atoms in total. The van der Waals surface area contributed by atoms with Crippen LogP contribution < -0.4 is 10.1 Å². The molecule has 1 fully saturated rings. The van der Waals surface area contributed by atoms with Gasteiger partial charge in [-0.3, -0.25) is 4.79 Å². The summed E-state index contributed by atoms with van der Waals surface area (Å²) in [5, 5.41) is 3.00. The number of methoxy groups -OCH3 is 1. The van der Waals surface area contributed by atoms with E-state index in [4.69, 9.17) is 4.74 Å². The Morgan fingerprint density at radius 3 is 2.32 bits per heavy atom. The molecule has 3 rings (SSSR count). The van der Waals surface area contributed by atoms with E-state index in [1.807, 2.05) is 57.2 Å². The molecule has 1 amide bonds. The Hall–Kier alpha value is -2.38. The fourth-order valence-electron chi connectivity index (χ4n) is 4.44. The number of sulfonamides is 1. The Morgan fingerprint density at radius 1 is 1.10 bits per heavy atom. The summed E-state index contributed by atoms with van der Waals surface area (Å²) < 4.78 is 33.3. The highest BCUT2D eigenvalue weighted by Crippen LogP contribution is 2.29. The van der Waals surface area contributed by atoms with Crippen molar-refractivity contribution in [3.8, 4) is 5.75 Å². The number of rotatable bonds is 7. The molecule has 1 saturated heterocycles. The van der Waals surface area contributed by atoms with Crippen LogP contribution in [0, 0.1) is 26.7 Å². The molecule has 2 aromatic rings. The summed E-state index contributed by atoms with van der Waals surface area (Å²) >= 11 is 0. The number of hydrogen-bond acceptors (Lipinski definition) is 4. The summed E-state index contributed by atoms with van der Waals surface area (Å²) in [6, 6.07) is 11.6. The van der Waals surface area contributed by atoms with E-state index in [0.717, 1.165) is 28.0 Å². The maximum Gasteiger partial charge on any atom is 0.243 e. The van der Waals surface area contributed by atoms with Crippen LogP contribution in [0.15, 0.2) is 41.3 Å². The van der Waals surface area contributed by atoms with E-state index in [1.54, 1.807) is 7.11 Å². The van der Waals surface area contributed by atoms with Gasteiger partial charge in [0, 0.05) is 25.6 Å². The molecule has 31 heavy (non-hydrogen) atoms. The summed E-state index contributed by atoms with van der Waals surface area (Å²) in [6.07, 6.45) is 1.75. The van der Waals surface area contributed by atoms with Gasteiger partial charge in [0.25, 0.3) is 0 Å². The summed E-state index contributed by atoms with van der Waals surface area (Å²) in [6.45, 7) is 6.90. The van der Waals surface area contributed by atoms with Crippen LogP contribution in [0.25, 0.3) is 0 Å². The van der Waals surface area contributed by atoms with Crippen molar-refractivity contribution < 1.29 is 17.9 Å². The minimum Gasteiger partial charge on any atom is -0.496 e. The van der Waals surface area contributed by atoms with Gasteiger partial charge in [0.1, 0.15) is 5.75 Å². The van der Waals surface area contributed by atoms with Gasteiger partial charge in [-0.05, 0) is 62.8 Å². The Balaban J connectivity index is 1.56. The topological polar surface area (TPSA) is 75.7 Å². The zero-order valence-electron chi connectivity index (χ0n) is 18.8. The van der Waals surface area contributed by atoms with Gasteiger partial charge in [0.2, 0.25) is 15.9 Å². The molecule has 7 heteroatoms. The molecule has 1 aliphatic rings. The van der Waals surface area contributed by atoms with E-state index in [1.165, 1.54) is 4.31 Å². The van der Waals surface area contributed by atoms with Gasteiger partial charge in [-0.1, -0.05) is 35.9 Å². The van der Waals surface area contributed by atoms with Crippen LogP contribution in [0.5, 0.6) is 5.75 Å². The van der Waals surface area contributed by atoms with Crippen LogP contribution in [0.2, 0.25) is 0 Å². The number of para-hydroxylation sites is 1. The quantitative estimate of drug-likeness (QED) is 0.710. The molecule has 0 aromatic heterocycles. The van der Waals surface area contributed by atoms with Crippen LogP contribution in [0.3, 0.4) is 0 Å². The average Bonchev–Trinajstić information content (AvgIpc) is 2.73. The highest BCUT2D eigenvalue weighted by atomic mass is 32.2. The molecular weight excluding hydrogens is 412 g/mol. The van der Waals surface area contributed by atoms with Crippen molar-refractivity contribution in [3.63, 3.8) is 0 Å². The summed E-state index contributed by atoms with van der Waals surface area (Å²) in [4.78, 5) is 13.0. The number of carbonyl (C=O) groups excluding carboxylic acids is 1. The number of benzene rings is 2. The van der Waals surface area contributed by atoms with Crippen LogP contribution in [-0.2, 0) is 21.2 Å². The molecule has 0 saturated carbocycles. The maximum absolute atomic E-state index is 13.2. The zero-order valence-corrected chi connectivity index (χ0v) is 19.6. The van der Waals surface area contributed by atoms with Crippen LogP contribution in [0.1, 0.15) is 35.1 Å². The fourth-order valence-corrected chi connectivity index (χ4v) is 6.32. The lowest BCUT2D eigenvalue weighted by Gasteiger charge is -2.31. The number of amides is 1. The number of hydrogen-bond donors (Lipinski definition) is 1. The zero-order chi connectivity index (χ0) is 22.6. The second-order valence-electron chi connectivity index (χ2n) is 8.26. The number of ether oxygens (including phenoxy) is 1. The largest absolute Gasteiger partial charge is 0.496 e. The third-order valence-electron chi connectivity index (χ3n) is 5.91. The first-order valence-electron chi connectivity index (χ1n) is 10.7. The van der Waals surface area contributed by atoms with Crippen LogP contribution in [0.4, 0.5) is 0 Å². The van der Waals surface area contributed by atoms with E-state index in [-0.39, 0.29) is 11.8 Å².